The molecule has 3 saturated heterocycles. The first-order chi connectivity index (χ1) is 32.1. The second-order valence-corrected chi connectivity index (χ2v) is 19.9. The van der Waals surface area contributed by atoms with Crippen molar-refractivity contribution >= 4 is 40.5 Å². The van der Waals surface area contributed by atoms with Gasteiger partial charge in [-0.1, -0.05) is 39.8 Å². The molecule has 16 nitrogen and oxygen atoms in total. The lowest BCUT2D eigenvalue weighted by Gasteiger charge is -2.38. The molecule has 16 heteroatoms. The Morgan fingerprint density at radius 3 is 2.51 bits per heavy atom. The molecule has 2 aromatic heterocycles. The number of carbonyl (C=O) groups is 5. The van der Waals surface area contributed by atoms with Crippen molar-refractivity contribution < 1.29 is 38.6 Å². The van der Waals surface area contributed by atoms with Crippen molar-refractivity contribution in [3.05, 3.63) is 71.5 Å². The van der Waals surface area contributed by atoms with Crippen LogP contribution in [0.1, 0.15) is 77.0 Å². The molecule has 4 aliphatic rings. The number of rotatable bonds is 10. The Bertz CT molecular complexity index is 2520. The summed E-state index contributed by atoms with van der Waals surface area (Å²) >= 11 is 0. The van der Waals surface area contributed by atoms with Crippen molar-refractivity contribution in [2.75, 3.05) is 46.9 Å². The predicted octanol–water partition coefficient (Wildman–Crippen LogP) is 4.58. The number of hydrogen-bond acceptors (Lipinski definition) is 11. The molecule has 4 atom stereocenters. The number of hydrogen-bond donors (Lipinski definition) is 4. The van der Waals surface area contributed by atoms with Crippen LogP contribution in [-0.2, 0) is 59.4 Å². The highest BCUT2D eigenvalue weighted by Gasteiger charge is 2.41. The molecular weight excluding hydrogens is 853 g/mol. The molecule has 4 aromatic rings. The molecule has 3 fully saturated rings. The zero-order valence-electron chi connectivity index (χ0n) is 39.9. The van der Waals surface area contributed by atoms with E-state index >= 15 is 0 Å². The first-order valence-corrected chi connectivity index (χ1v) is 23.8. The number of ether oxygens (including phenoxy) is 2. The number of carbonyl (C=O) groups excluding carboxylic acids is 5. The average molecular weight is 919 g/mol. The monoisotopic (exact) mass is 919 g/mol. The van der Waals surface area contributed by atoms with Crippen LogP contribution in [0, 0.1) is 17.3 Å². The summed E-state index contributed by atoms with van der Waals surface area (Å²) in [7, 11) is 3.30. The highest BCUT2D eigenvalue weighted by molar-refractivity contribution is 5.96. The molecular formula is C51H66N8O8. The van der Waals surface area contributed by atoms with Gasteiger partial charge in [0.2, 0.25) is 17.7 Å². The van der Waals surface area contributed by atoms with Gasteiger partial charge in [-0.15, -0.1) is 0 Å². The fourth-order valence-electron chi connectivity index (χ4n) is 10.3. The maximum Gasteiger partial charge on any atom is 0.324 e. The van der Waals surface area contributed by atoms with Crippen molar-refractivity contribution in [3.8, 4) is 28.1 Å². The van der Waals surface area contributed by atoms with Crippen molar-refractivity contribution in [1.82, 2.24) is 40.4 Å². The molecule has 0 radical (unpaired) electrons. The zero-order valence-corrected chi connectivity index (χ0v) is 39.9. The van der Waals surface area contributed by atoms with E-state index in [0.717, 1.165) is 44.4 Å². The van der Waals surface area contributed by atoms with E-state index in [1.807, 2.05) is 38.2 Å². The lowest BCUT2D eigenvalue weighted by atomic mass is 9.84. The van der Waals surface area contributed by atoms with Crippen LogP contribution < -0.4 is 16.1 Å². The predicted molar refractivity (Wildman–Crippen MR) is 253 cm³/mol. The van der Waals surface area contributed by atoms with E-state index in [1.165, 1.54) is 9.91 Å². The highest BCUT2D eigenvalue weighted by atomic mass is 16.5. The quantitative estimate of drug-likeness (QED) is 0.128. The van der Waals surface area contributed by atoms with Gasteiger partial charge in [0.15, 0.2) is 0 Å². The maximum atomic E-state index is 14.7. The number of likely N-dealkylation sites (N-methyl/N-ethyl adjacent to an activating group) is 1. The fourth-order valence-corrected chi connectivity index (χ4v) is 10.3. The molecule has 4 aliphatic heterocycles. The Kier molecular flexibility index (Phi) is 14.1. The van der Waals surface area contributed by atoms with Gasteiger partial charge in [-0.05, 0) is 103 Å². The molecule has 6 bridgehead atoms. The highest BCUT2D eigenvalue weighted by Crippen LogP contribution is 2.41. The van der Waals surface area contributed by atoms with E-state index in [-0.39, 0.29) is 55.0 Å². The molecule has 6 heterocycles. The summed E-state index contributed by atoms with van der Waals surface area (Å²) in [4.78, 5) is 77.8. The van der Waals surface area contributed by atoms with Gasteiger partial charge in [0.05, 0.1) is 24.9 Å². The van der Waals surface area contributed by atoms with E-state index in [4.69, 9.17) is 9.47 Å². The van der Waals surface area contributed by atoms with Crippen LogP contribution in [0.5, 0.6) is 5.75 Å². The number of methoxy groups -OCH3 is 1. The number of pyridine rings is 1. The normalized spacial score (nSPS) is 21.7. The Labute approximate surface area is 392 Å². The molecule has 67 heavy (non-hydrogen) atoms. The number of nitrogens with zero attached hydrogens (tertiary/aromatic N) is 5. The number of cyclic esters (lactones) is 1. The molecule has 358 valence electrons. The topological polar surface area (TPSA) is 198 Å². The smallest absolute Gasteiger partial charge is 0.324 e. The summed E-state index contributed by atoms with van der Waals surface area (Å²) < 4.78 is 14.0. The van der Waals surface area contributed by atoms with Crippen LogP contribution in [0.25, 0.3) is 33.3 Å². The second-order valence-electron chi connectivity index (χ2n) is 19.9. The Morgan fingerprint density at radius 2 is 1.81 bits per heavy atom. The van der Waals surface area contributed by atoms with E-state index < -0.39 is 41.3 Å². The number of likely N-dealkylation sites (tertiary alicyclic amines) is 1. The van der Waals surface area contributed by atoms with Crippen molar-refractivity contribution in [2.45, 2.75) is 110 Å². The lowest BCUT2D eigenvalue weighted by molar-refractivity contribution is -0.155. The molecule has 0 spiro atoms. The minimum atomic E-state index is -1.15. The second kappa shape index (κ2) is 19.8. The summed E-state index contributed by atoms with van der Waals surface area (Å²) in [6.45, 7) is 13.1. The Hall–Kier alpha value is -5.84. The number of aryl methyl sites for hydroxylation is 1. The number of hydrazine groups is 1. The number of phenolic OH excluding ortho intramolecular Hbond substituents is 1. The third-order valence-electron chi connectivity index (χ3n) is 13.8. The largest absolute Gasteiger partial charge is 0.508 e. The number of nitrogens with one attached hydrogen (secondary N) is 3. The molecule has 0 unspecified atom stereocenters. The van der Waals surface area contributed by atoms with Crippen molar-refractivity contribution in [1.29, 1.82) is 0 Å². The molecule has 2 aromatic carbocycles. The third kappa shape index (κ3) is 10.2. The van der Waals surface area contributed by atoms with Gasteiger partial charge in [0.25, 0.3) is 5.91 Å². The minimum Gasteiger partial charge on any atom is -0.508 e. The van der Waals surface area contributed by atoms with Gasteiger partial charge >= 0.3 is 5.97 Å². The summed E-state index contributed by atoms with van der Waals surface area (Å²) in [6.07, 6.45) is 6.16. The van der Waals surface area contributed by atoms with E-state index in [0.29, 0.717) is 70.5 Å². The van der Waals surface area contributed by atoms with Gasteiger partial charge in [-0.2, -0.15) is 0 Å². The van der Waals surface area contributed by atoms with Gasteiger partial charge in [-0.3, -0.25) is 34.0 Å². The zero-order chi connectivity index (χ0) is 47.7. The van der Waals surface area contributed by atoms with Crippen LogP contribution in [0.3, 0.4) is 0 Å². The summed E-state index contributed by atoms with van der Waals surface area (Å²) in [5.41, 5.74) is 9.80. The summed E-state index contributed by atoms with van der Waals surface area (Å²) in [5, 5.41) is 19.8. The molecule has 8 rings (SSSR count). The van der Waals surface area contributed by atoms with Crippen LogP contribution in [0.15, 0.2) is 54.9 Å². The molecule has 4 N–H and O–H groups in total. The number of benzene rings is 2. The van der Waals surface area contributed by atoms with Crippen molar-refractivity contribution in [3.63, 3.8) is 0 Å². The van der Waals surface area contributed by atoms with Crippen LogP contribution in [0.2, 0.25) is 0 Å². The van der Waals surface area contributed by atoms with E-state index in [2.05, 4.69) is 58.5 Å². The number of phenols is 1. The van der Waals surface area contributed by atoms with Crippen molar-refractivity contribution in [2.24, 2.45) is 17.3 Å². The molecule has 4 amide bonds. The Balaban J connectivity index is 1.16. The lowest BCUT2D eigenvalue weighted by Crippen LogP contribution is -2.62. The van der Waals surface area contributed by atoms with Crippen LogP contribution in [-0.4, -0.2) is 130 Å². The van der Waals surface area contributed by atoms with Gasteiger partial charge in [-0.25, -0.2) is 5.43 Å². The third-order valence-corrected chi connectivity index (χ3v) is 13.8. The van der Waals surface area contributed by atoms with E-state index in [9.17, 15) is 29.1 Å². The first kappa shape index (κ1) is 47.6. The fraction of sp³-hybridized carbons (Fsp3) is 0.529. The van der Waals surface area contributed by atoms with Crippen LogP contribution >= 0.6 is 0 Å². The first-order valence-electron chi connectivity index (χ1n) is 23.8. The summed E-state index contributed by atoms with van der Waals surface area (Å²) in [5.74, 6) is -2.22. The number of fused-ring (bicyclic) bond motifs is 6. The number of esters is 1. The number of aromatic nitrogens is 2. The Morgan fingerprint density at radius 1 is 1.04 bits per heavy atom. The SMILES string of the molecule is CCn1c(-c2cnccc2COC)c2c3cc(ccc31)-c1cc(O)cc(c1)C[C@H](NC(=O)[C@H](C(C)C)N(C)C(=O)C1CCN(C(=O)[C@H]3CN3)CC1)C(=O)N1CCC[C@H](N1)C(=O)OCC(C)(C)C2. The van der Waals surface area contributed by atoms with E-state index in [1.54, 1.807) is 37.4 Å². The standard InChI is InChI=1S/C51H66N8O8/c1-8-58-43-12-11-33-24-37(43)38(45(58)39-26-52-16-13-34(39)28-66-7)25-51(4,5)29-67-50(65)40-10-9-17-59(55-40)49(64)41(22-31-20-35(33)23-36(60)21-31)54-46(61)44(30(2)3)56(6)47(62)32-14-18-57(19-15-32)48(63)42-27-53-42/h11-13,16,20-21,23-24,26,30,32,40-42,44,53,55,60H,8-10,14-15,17-19,22,25,27-29H2,1-7H3,(H,54,61)/t40-,41-,42+,44-/m0/s1. The molecule has 0 aliphatic carbocycles. The summed E-state index contributed by atoms with van der Waals surface area (Å²) in [6, 6.07) is 10.5. The number of piperidine rings is 1. The minimum absolute atomic E-state index is 0.00213. The van der Waals surface area contributed by atoms with Gasteiger partial charge < -0.3 is 39.6 Å². The van der Waals surface area contributed by atoms with Crippen LogP contribution in [0.4, 0.5) is 0 Å². The van der Waals surface area contributed by atoms with Gasteiger partial charge in [0.1, 0.15) is 23.9 Å². The maximum absolute atomic E-state index is 14.7. The number of aromatic hydroxyl groups is 1. The molecule has 0 saturated carbocycles. The number of amides is 4. The van der Waals surface area contributed by atoms with Gasteiger partial charge in [0, 0.05) is 93.5 Å². The average Bonchev–Trinajstić information content (AvgIpc) is 4.12.